The van der Waals surface area contributed by atoms with E-state index < -0.39 is 0 Å². The Balaban J connectivity index is 1.67. The lowest BCUT2D eigenvalue weighted by atomic mass is 9.81. The van der Waals surface area contributed by atoms with Gasteiger partial charge in [0.1, 0.15) is 0 Å². The summed E-state index contributed by atoms with van der Waals surface area (Å²) in [5.74, 6) is 2.87. The molecule has 2 rings (SSSR count). The van der Waals surface area contributed by atoms with Gasteiger partial charge in [-0.2, -0.15) is 0 Å². The lowest BCUT2D eigenvalue weighted by Crippen LogP contribution is -2.16. The van der Waals surface area contributed by atoms with Crippen LogP contribution in [0, 0.1) is 11.8 Å². The molecule has 1 aromatic rings. The van der Waals surface area contributed by atoms with Crippen LogP contribution in [0.2, 0.25) is 0 Å². The molecule has 0 spiro atoms. The van der Waals surface area contributed by atoms with E-state index in [-0.39, 0.29) is 0 Å². The van der Waals surface area contributed by atoms with Gasteiger partial charge in [-0.3, -0.25) is 0 Å². The van der Waals surface area contributed by atoms with Crippen LogP contribution in [0.5, 0.6) is 0 Å². The van der Waals surface area contributed by atoms with Crippen LogP contribution in [-0.2, 0) is 6.42 Å². The second-order valence-corrected chi connectivity index (χ2v) is 5.67. The molecule has 18 heavy (non-hydrogen) atoms. The van der Waals surface area contributed by atoms with Gasteiger partial charge in [0, 0.05) is 18.8 Å². The van der Waals surface area contributed by atoms with Crippen LogP contribution in [0.4, 0.5) is 6.01 Å². The molecule has 0 radical (unpaired) electrons. The summed E-state index contributed by atoms with van der Waals surface area (Å²) in [4.78, 5) is 0. The fourth-order valence-corrected chi connectivity index (χ4v) is 2.87. The largest absolute Gasteiger partial charge is 0.408 e. The van der Waals surface area contributed by atoms with Crippen molar-refractivity contribution >= 4 is 17.6 Å². The molecule has 1 heterocycles. The van der Waals surface area contributed by atoms with Crippen molar-refractivity contribution in [1.82, 2.24) is 10.2 Å². The Bertz CT molecular complexity index is 356. The Morgan fingerprint density at radius 2 is 2.28 bits per heavy atom. The Hall–Kier alpha value is -0.770. The van der Waals surface area contributed by atoms with Gasteiger partial charge in [0.2, 0.25) is 5.89 Å². The van der Waals surface area contributed by atoms with Crippen molar-refractivity contribution in [3.05, 3.63) is 5.89 Å². The minimum Gasteiger partial charge on any atom is -0.408 e. The topological polar surface area (TPSA) is 51.0 Å². The maximum atomic E-state index is 5.62. The molecular formula is C13H22ClN3O. The number of anilines is 1. The third-order valence-electron chi connectivity index (χ3n) is 3.65. The van der Waals surface area contributed by atoms with Crippen molar-refractivity contribution in [2.45, 2.75) is 45.4 Å². The average Bonchev–Trinajstić information content (AvgIpc) is 2.78. The molecule has 1 aliphatic carbocycles. The van der Waals surface area contributed by atoms with Crippen LogP contribution in [-0.4, -0.2) is 22.6 Å². The highest BCUT2D eigenvalue weighted by molar-refractivity contribution is 6.17. The smallest absolute Gasteiger partial charge is 0.315 e. The molecule has 102 valence electrons. The van der Waals surface area contributed by atoms with Gasteiger partial charge in [-0.1, -0.05) is 31.3 Å². The van der Waals surface area contributed by atoms with E-state index in [2.05, 4.69) is 22.4 Å². The molecule has 5 heteroatoms. The van der Waals surface area contributed by atoms with Gasteiger partial charge in [-0.25, -0.2) is 0 Å². The Morgan fingerprint density at radius 3 is 3.06 bits per heavy atom. The van der Waals surface area contributed by atoms with Gasteiger partial charge in [-0.15, -0.1) is 16.7 Å². The molecule has 1 N–H and O–H groups in total. The van der Waals surface area contributed by atoms with Crippen molar-refractivity contribution in [2.24, 2.45) is 11.8 Å². The van der Waals surface area contributed by atoms with Crippen LogP contribution < -0.4 is 5.32 Å². The van der Waals surface area contributed by atoms with E-state index in [1.54, 1.807) is 0 Å². The van der Waals surface area contributed by atoms with Gasteiger partial charge in [-0.05, 0) is 24.7 Å². The highest BCUT2D eigenvalue weighted by atomic mass is 35.5. The van der Waals surface area contributed by atoms with E-state index in [4.69, 9.17) is 16.0 Å². The zero-order chi connectivity index (χ0) is 12.8. The minimum atomic E-state index is 0.515. The van der Waals surface area contributed by atoms with Gasteiger partial charge in [0.05, 0.1) is 0 Å². The molecule has 1 saturated carbocycles. The van der Waals surface area contributed by atoms with Crippen LogP contribution in [0.1, 0.15) is 44.9 Å². The number of alkyl halides is 1. The molecule has 0 amide bonds. The van der Waals surface area contributed by atoms with Crippen LogP contribution >= 0.6 is 11.6 Å². The molecule has 1 fully saturated rings. The maximum Gasteiger partial charge on any atom is 0.315 e. The molecule has 1 aromatic heterocycles. The lowest BCUT2D eigenvalue weighted by Gasteiger charge is -2.26. The third-order valence-corrected chi connectivity index (χ3v) is 3.84. The highest BCUT2D eigenvalue weighted by Gasteiger charge is 2.18. The van der Waals surface area contributed by atoms with Crippen molar-refractivity contribution < 1.29 is 4.42 Å². The van der Waals surface area contributed by atoms with E-state index in [9.17, 15) is 0 Å². The summed E-state index contributed by atoms with van der Waals surface area (Å²) in [5, 5.41) is 11.1. The molecule has 1 aliphatic rings. The SMILES string of the molecule is CC1CCCC(CCNc2nnc(CCCl)o2)C1. The second kappa shape index (κ2) is 6.98. The fourth-order valence-electron chi connectivity index (χ4n) is 2.71. The first-order chi connectivity index (χ1) is 8.78. The van der Waals surface area contributed by atoms with E-state index in [0.717, 1.165) is 18.4 Å². The Morgan fingerprint density at radius 1 is 1.39 bits per heavy atom. The van der Waals surface area contributed by atoms with Crippen molar-refractivity contribution in [1.29, 1.82) is 0 Å². The zero-order valence-corrected chi connectivity index (χ0v) is 11.7. The summed E-state index contributed by atoms with van der Waals surface area (Å²) in [6.45, 7) is 3.27. The van der Waals surface area contributed by atoms with E-state index >= 15 is 0 Å². The Kier molecular flexibility index (Phi) is 5.29. The number of hydrogen-bond acceptors (Lipinski definition) is 4. The minimum absolute atomic E-state index is 0.515. The first-order valence-electron chi connectivity index (χ1n) is 6.90. The zero-order valence-electron chi connectivity index (χ0n) is 11.0. The van der Waals surface area contributed by atoms with Crippen molar-refractivity contribution in [3.8, 4) is 0 Å². The van der Waals surface area contributed by atoms with E-state index in [1.165, 1.54) is 32.1 Å². The normalized spacial score (nSPS) is 24.1. The van der Waals surface area contributed by atoms with Crippen molar-refractivity contribution in [2.75, 3.05) is 17.7 Å². The summed E-state index contributed by atoms with van der Waals surface area (Å²) in [6.07, 6.45) is 7.34. The summed E-state index contributed by atoms with van der Waals surface area (Å²) in [6, 6.07) is 0.527. The van der Waals surface area contributed by atoms with Gasteiger partial charge < -0.3 is 9.73 Å². The van der Waals surface area contributed by atoms with Crippen LogP contribution in [0.3, 0.4) is 0 Å². The predicted molar refractivity (Wildman–Crippen MR) is 73.0 cm³/mol. The molecule has 2 atom stereocenters. The number of halogens is 1. The molecule has 4 nitrogen and oxygen atoms in total. The number of nitrogens with one attached hydrogen (secondary N) is 1. The molecule has 2 unspecified atom stereocenters. The van der Waals surface area contributed by atoms with Gasteiger partial charge in [0.15, 0.2) is 0 Å². The number of aromatic nitrogens is 2. The average molecular weight is 272 g/mol. The van der Waals surface area contributed by atoms with E-state index in [0.29, 0.717) is 24.2 Å². The molecule has 0 aliphatic heterocycles. The summed E-state index contributed by atoms with van der Waals surface area (Å²) in [7, 11) is 0. The maximum absolute atomic E-state index is 5.62. The molecule has 0 saturated heterocycles. The van der Waals surface area contributed by atoms with Crippen molar-refractivity contribution in [3.63, 3.8) is 0 Å². The fraction of sp³-hybridized carbons (Fsp3) is 0.846. The monoisotopic (exact) mass is 271 g/mol. The van der Waals surface area contributed by atoms with Crippen LogP contribution in [0.15, 0.2) is 4.42 Å². The number of aryl methyl sites for hydroxylation is 1. The molecular weight excluding hydrogens is 250 g/mol. The first-order valence-corrected chi connectivity index (χ1v) is 7.43. The lowest BCUT2D eigenvalue weighted by molar-refractivity contribution is 0.274. The summed E-state index contributed by atoms with van der Waals surface area (Å²) >= 11 is 5.62. The quantitative estimate of drug-likeness (QED) is 0.805. The third kappa shape index (κ3) is 4.16. The number of nitrogens with zero attached hydrogens (tertiary/aromatic N) is 2. The highest BCUT2D eigenvalue weighted by Crippen LogP contribution is 2.30. The predicted octanol–water partition coefficient (Wildman–Crippen LogP) is 3.48. The Labute approximate surface area is 113 Å². The number of rotatable bonds is 6. The summed E-state index contributed by atoms with van der Waals surface area (Å²) < 4.78 is 5.42. The van der Waals surface area contributed by atoms with E-state index in [1.807, 2.05) is 0 Å². The second-order valence-electron chi connectivity index (χ2n) is 5.29. The first kappa shape index (κ1) is 13.7. The van der Waals surface area contributed by atoms with Crippen LogP contribution in [0.25, 0.3) is 0 Å². The number of hydrogen-bond donors (Lipinski definition) is 1. The molecule has 0 bridgehead atoms. The molecule has 0 aromatic carbocycles. The standard InChI is InChI=1S/C13H22ClN3O/c1-10-3-2-4-11(9-10)6-8-15-13-17-16-12(18-13)5-7-14/h10-11H,2-9H2,1H3,(H,15,17). The summed E-state index contributed by atoms with van der Waals surface area (Å²) in [5.41, 5.74) is 0. The van der Waals surface area contributed by atoms with Gasteiger partial charge >= 0.3 is 6.01 Å². The van der Waals surface area contributed by atoms with Gasteiger partial charge in [0.25, 0.3) is 0 Å².